The fourth-order valence-electron chi connectivity index (χ4n) is 4.27. The highest BCUT2D eigenvalue weighted by atomic mass is 32.2. The normalized spacial score (nSPS) is 12.9. The SMILES string of the molecule is CCOC(=O)c1c(NC(=O)CN(c2ccc(C(C)C)cc2)S(=O)(=O)c2ccccc2)sc2c1CCC2. The van der Waals surface area contributed by atoms with Gasteiger partial charge >= 0.3 is 5.97 Å². The van der Waals surface area contributed by atoms with Crippen molar-refractivity contribution in [3.8, 4) is 0 Å². The predicted octanol–water partition coefficient (Wildman–Crippen LogP) is 5.37. The maximum atomic E-state index is 13.6. The Morgan fingerprint density at radius 1 is 1.06 bits per heavy atom. The quantitative estimate of drug-likeness (QED) is 0.379. The molecule has 1 amide bonds. The molecule has 0 radical (unpaired) electrons. The average molecular weight is 527 g/mol. The van der Waals surface area contributed by atoms with Crippen LogP contribution < -0.4 is 9.62 Å². The first-order chi connectivity index (χ1) is 17.2. The van der Waals surface area contributed by atoms with E-state index in [0.717, 1.165) is 39.6 Å². The second-order valence-electron chi connectivity index (χ2n) is 8.90. The van der Waals surface area contributed by atoms with Gasteiger partial charge in [0.05, 0.1) is 22.8 Å². The van der Waals surface area contributed by atoms with Gasteiger partial charge in [-0.05, 0) is 67.5 Å². The van der Waals surface area contributed by atoms with Crippen molar-refractivity contribution >= 4 is 43.9 Å². The number of fused-ring (bicyclic) bond motifs is 1. The molecule has 190 valence electrons. The molecular weight excluding hydrogens is 496 g/mol. The third-order valence-electron chi connectivity index (χ3n) is 6.12. The van der Waals surface area contributed by atoms with Crippen LogP contribution in [0.3, 0.4) is 0 Å². The van der Waals surface area contributed by atoms with E-state index < -0.39 is 28.4 Å². The van der Waals surface area contributed by atoms with Gasteiger partial charge in [0.1, 0.15) is 11.5 Å². The number of ether oxygens (including phenoxy) is 1. The number of sulfonamides is 1. The summed E-state index contributed by atoms with van der Waals surface area (Å²) in [7, 11) is -4.02. The van der Waals surface area contributed by atoms with Crippen molar-refractivity contribution in [1.29, 1.82) is 0 Å². The smallest absolute Gasteiger partial charge is 0.341 e. The number of amides is 1. The van der Waals surface area contributed by atoms with Crippen molar-refractivity contribution in [2.45, 2.75) is 50.8 Å². The number of nitrogens with one attached hydrogen (secondary N) is 1. The highest BCUT2D eigenvalue weighted by Crippen LogP contribution is 2.39. The van der Waals surface area contributed by atoms with Crippen molar-refractivity contribution in [2.24, 2.45) is 0 Å². The molecule has 7 nitrogen and oxygen atoms in total. The first kappa shape index (κ1) is 25.9. The fraction of sp³-hybridized carbons (Fsp3) is 0.333. The third-order valence-corrected chi connectivity index (χ3v) is 9.12. The van der Waals surface area contributed by atoms with Gasteiger partial charge in [0.2, 0.25) is 5.91 Å². The molecule has 0 saturated carbocycles. The summed E-state index contributed by atoms with van der Waals surface area (Å²) in [6, 6.07) is 15.2. The molecule has 0 bridgehead atoms. The van der Waals surface area contributed by atoms with Gasteiger partial charge in [-0.1, -0.05) is 44.2 Å². The van der Waals surface area contributed by atoms with Crippen LogP contribution in [0.1, 0.15) is 59.5 Å². The number of carbonyl (C=O) groups is 2. The molecule has 0 atom stereocenters. The van der Waals surface area contributed by atoms with Gasteiger partial charge in [-0.2, -0.15) is 0 Å². The van der Waals surface area contributed by atoms with Crippen molar-refractivity contribution in [3.63, 3.8) is 0 Å². The molecule has 1 N–H and O–H groups in total. The molecule has 1 aromatic heterocycles. The standard InChI is InChI=1S/C27H30N2O5S2/c1-4-34-27(31)25-22-11-8-12-23(22)35-26(25)28-24(30)17-29(20-15-13-19(14-16-20)18(2)3)36(32,33)21-9-6-5-7-10-21/h5-7,9-10,13-16,18H,4,8,11-12,17H2,1-3H3,(H,28,30). The van der Waals surface area contributed by atoms with E-state index in [-0.39, 0.29) is 17.4 Å². The van der Waals surface area contributed by atoms with Crippen LogP contribution >= 0.6 is 11.3 Å². The number of hydrogen-bond donors (Lipinski definition) is 1. The molecule has 3 aromatic rings. The first-order valence-corrected chi connectivity index (χ1v) is 14.3. The summed E-state index contributed by atoms with van der Waals surface area (Å²) in [4.78, 5) is 27.1. The minimum Gasteiger partial charge on any atom is -0.462 e. The number of anilines is 2. The minimum absolute atomic E-state index is 0.0908. The van der Waals surface area contributed by atoms with E-state index in [2.05, 4.69) is 19.2 Å². The van der Waals surface area contributed by atoms with Gasteiger partial charge in [-0.15, -0.1) is 11.3 Å². The molecule has 1 heterocycles. The molecule has 9 heteroatoms. The number of esters is 1. The van der Waals surface area contributed by atoms with Gasteiger partial charge in [0, 0.05) is 4.88 Å². The van der Waals surface area contributed by atoms with Crippen LogP contribution in [0, 0.1) is 0 Å². The lowest BCUT2D eigenvalue weighted by atomic mass is 10.0. The zero-order valence-electron chi connectivity index (χ0n) is 20.6. The van der Waals surface area contributed by atoms with Crippen LogP contribution in [0.5, 0.6) is 0 Å². The Morgan fingerprint density at radius 2 is 1.75 bits per heavy atom. The predicted molar refractivity (Wildman–Crippen MR) is 142 cm³/mol. The molecule has 0 aliphatic heterocycles. The number of rotatable bonds is 9. The minimum atomic E-state index is -4.02. The van der Waals surface area contributed by atoms with E-state index in [1.54, 1.807) is 37.3 Å². The Bertz CT molecular complexity index is 1350. The molecular formula is C27H30N2O5S2. The summed E-state index contributed by atoms with van der Waals surface area (Å²) in [5.74, 6) is -0.721. The van der Waals surface area contributed by atoms with Gasteiger partial charge in [0.25, 0.3) is 10.0 Å². The Balaban J connectivity index is 1.66. The molecule has 1 aliphatic rings. The second kappa shape index (κ2) is 10.8. The maximum absolute atomic E-state index is 13.6. The van der Waals surface area contributed by atoms with Crippen molar-refractivity contribution < 1.29 is 22.7 Å². The summed E-state index contributed by atoms with van der Waals surface area (Å²) in [5.41, 5.74) is 2.76. The number of hydrogen-bond acceptors (Lipinski definition) is 6. The molecule has 0 saturated heterocycles. The Kier molecular flexibility index (Phi) is 7.80. The van der Waals surface area contributed by atoms with E-state index in [4.69, 9.17) is 4.74 Å². The van der Waals surface area contributed by atoms with Crippen LogP contribution in [0.2, 0.25) is 0 Å². The van der Waals surface area contributed by atoms with Gasteiger partial charge < -0.3 is 10.1 Å². The Labute approximate surface area is 216 Å². The van der Waals surface area contributed by atoms with E-state index in [1.807, 2.05) is 12.1 Å². The lowest BCUT2D eigenvalue weighted by Gasteiger charge is -2.24. The number of benzene rings is 2. The molecule has 0 fully saturated rings. The number of nitrogens with zero attached hydrogens (tertiary/aromatic N) is 1. The van der Waals surface area contributed by atoms with Gasteiger partial charge in [-0.3, -0.25) is 9.10 Å². The lowest BCUT2D eigenvalue weighted by Crippen LogP contribution is -2.38. The molecule has 0 spiro atoms. The van der Waals surface area contributed by atoms with Crippen molar-refractivity contribution in [3.05, 3.63) is 76.2 Å². The highest BCUT2D eigenvalue weighted by Gasteiger charge is 2.31. The summed E-state index contributed by atoms with van der Waals surface area (Å²) < 4.78 is 33.5. The molecule has 4 rings (SSSR count). The molecule has 36 heavy (non-hydrogen) atoms. The zero-order chi connectivity index (χ0) is 25.9. The van der Waals surface area contributed by atoms with E-state index in [9.17, 15) is 18.0 Å². The van der Waals surface area contributed by atoms with Gasteiger partial charge in [-0.25, -0.2) is 13.2 Å². The summed E-state index contributed by atoms with van der Waals surface area (Å²) >= 11 is 1.36. The Hall–Kier alpha value is -3.17. The largest absolute Gasteiger partial charge is 0.462 e. The average Bonchev–Trinajstić information content (AvgIpc) is 3.44. The topological polar surface area (TPSA) is 92.8 Å². The van der Waals surface area contributed by atoms with Crippen LogP contribution in [-0.2, 0) is 32.4 Å². The van der Waals surface area contributed by atoms with Crippen LogP contribution in [0.15, 0.2) is 59.5 Å². The summed E-state index contributed by atoms with van der Waals surface area (Å²) in [6.07, 6.45) is 2.56. The summed E-state index contributed by atoms with van der Waals surface area (Å²) in [5, 5.41) is 3.22. The first-order valence-electron chi connectivity index (χ1n) is 12.0. The lowest BCUT2D eigenvalue weighted by molar-refractivity contribution is -0.114. The fourth-order valence-corrected chi connectivity index (χ4v) is 7.00. The maximum Gasteiger partial charge on any atom is 0.341 e. The monoisotopic (exact) mass is 526 g/mol. The van der Waals surface area contributed by atoms with Crippen LogP contribution in [-0.4, -0.2) is 33.4 Å². The second-order valence-corrected chi connectivity index (χ2v) is 11.9. The van der Waals surface area contributed by atoms with E-state index in [0.29, 0.717) is 16.3 Å². The van der Waals surface area contributed by atoms with Crippen molar-refractivity contribution in [2.75, 3.05) is 22.8 Å². The van der Waals surface area contributed by atoms with E-state index in [1.165, 1.54) is 23.5 Å². The highest BCUT2D eigenvalue weighted by molar-refractivity contribution is 7.92. The number of aryl methyl sites for hydroxylation is 1. The molecule has 2 aromatic carbocycles. The summed E-state index contributed by atoms with van der Waals surface area (Å²) in [6.45, 7) is 5.63. The molecule has 1 aliphatic carbocycles. The number of thiophene rings is 1. The van der Waals surface area contributed by atoms with Crippen molar-refractivity contribution in [1.82, 2.24) is 0 Å². The molecule has 0 unspecified atom stereocenters. The van der Waals surface area contributed by atoms with Crippen LogP contribution in [0.4, 0.5) is 10.7 Å². The number of carbonyl (C=O) groups excluding carboxylic acids is 2. The third kappa shape index (κ3) is 5.32. The zero-order valence-corrected chi connectivity index (χ0v) is 22.2. The van der Waals surface area contributed by atoms with E-state index >= 15 is 0 Å². The Morgan fingerprint density at radius 3 is 2.39 bits per heavy atom. The van der Waals surface area contributed by atoms with Gasteiger partial charge in [0.15, 0.2) is 0 Å². The van der Waals surface area contributed by atoms with Crippen LogP contribution in [0.25, 0.3) is 0 Å².